The number of nitrogens with zero attached hydrogens (tertiary/aromatic N) is 10. The minimum atomic E-state index is -0.398. The zero-order chi connectivity index (χ0) is 33.9. The average molecular weight is 672 g/mol. The number of piperazine rings is 1. The van der Waals surface area contributed by atoms with Gasteiger partial charge in [0, 0.05) is 58.1 Å². The van der Waals surface area contributed by atoms with Gasteiger partial charge in [-0.25, -0.2) is 14.5 Å². The van der Waals surface area contributed by atoms with Crippen molar-refractivity contribution >= 4 is 41.0 Å². The van der Waals surface area contributed by atoms with Crippen molar-refractivity contribution in [1.82, 2.24) is 34.4 Å². The van der Waals surface area contributed by atoms with E-state index in [0.29, 0.717) is 35.5 Å². The zero-order valence-corrected chi connectivity index (χ0v) is 28.5. The summed E-state index contributed by atoms with van der Waals surface area (Å²) < 4.78 is 20.7. The summed E-state index contributed by atoms with van der Waals surface area (Å²) in [6.07, 6.45) is 10.4. The Morgan fingerprint density at radius 2 is 1.65 bits per heavy atom. The predicted octanol–water partition coefficient (Wildman–Crippen LogP) is 3.53. The Morgan fingerprint density at radius 1 is 0.918 bits per heavy atom. The number of ether oxygens (including phenoxy) is 3. The summed E-state index contributed by atoms with van der Waals surface area (Å²) in [5, 5.41) is 16.1. The normalized spacial score (nSPS) is 21.0. The molecule has 260 valence electrons. The second-order valence-electron chi connectivity index (χ2n) is 13.1. The summed E-state index contributed by atoms with van der Waals surface area (Å²) in [7, 11) is 3.92. The maximum absolute atomic E-state index is 11.7. The monoisotopic (exact) mass is 671 g/mol. The number of anilines is 3. The lowest BCUT2D eigenvalue weighted by molar-refractivity contribution is -0.362. The molecule has 0 spiro atoms. The molecule has 15 nitrogen and oxygen atoms in total. The molecule has 2 aliphatic heterocycles. The van der Waals surface area contributed by atoms with Gasteiger partial charge in [-0.15, -0.1) is 0 Å². The Bertz CT molecular complexity index is 1750. The highest BCUT2D eigenvalue weighted by Gasteiger charge is 2.26. The first kappa shape index (κ1) is 32.8. The molecule has 2 saturated heterocycles. The standard InChI is InChI=1S/C34H45N11O4/c1-23(30-22-38-34(42(30)3)43(4)46)48-27-17-28-29(35-21-27)18-31(45-13-15-47-16-14-45)40-32(28)49-26-7-5-24(6-8-26)39-33-36-19-25(20-37-33)44-11-9-41(2)10-12-44/h17-24,26H,4-16H2,1-3H3,(H,36,37,39). The van der Waals surface area contributed by atoms with Crippen LogP contribution in [0.5, 0.6) is 11.6 Å². The van der Waals surface area contributed by atoms with Crippen LogP contribution in [0.1, 0.15) is 44.4 Å². The summed E-state index contributed by atoms with van der Waals surface area (Å²) in [4.78, 5) is 30.1. The average Bonchev–Trinajstić information content (AvgIpc) is 3.52. The number of nitrogens with one attached hydrogen (secondary N) is 1. The third-order valence-electron chi connectivity index (χ3n) is 9.69. The fourth-order valence-electron chi connectivity index (χ4n) is 6.75. The number of hydrogen-bond donors (Lipinski definition) is 1. The van der Waals surface area contributed by atoms with Crippen molar-refractivity contribution in [3.05, 3.63) is 47.8 Å². The topological polar surface area (TPSA) is 145 Å². The highest BCUT2D eigenvalue weighted by atomic mass is 16.5. The molecular weight excluding hydrogens is 626 g/mol. The van der Waals surface area contributed by atoms with E-state index in [1.54, 1.807) is 24.0 Å². The molecule has 1 saturated carbocycles. The largest absolute Gasteiger partial charge is 0.741 e. The third kappa shape index (κ3) is 7.47. The van der Waals surface area contributed by atoms with Crippen molar-refractivity contribution in [1.29, 1.82) is 0 Å². The van der Waals surface area contributed by atoms with E-state index < -0.39 is 6.10 Å². The van der Waals surface area contributed by atoms with Gasteiger partial charge in [-0.2, -0.15) is 4.98 Å². The number of hydrogen-bond acceptors (Lipinski definition) is 13. The molecule has 6 heterocycles. The van der Waals surface area contributed by atoms with Crippen molar-refractivity contribution in [3.63, 3.8) is 0 Å². The summed E-state index contributed by atoms with van der Waals surface area (Å²) in [5.74, 6) is 2.80. The molecule has 3 aliphatic rings. The first-order valence-corrected chi connectivity index (χ1v) is 17.1. The van der Waals surface area contributed by atoms with Crippen LogP contribution < -0.4 is 24.6 Å². The third-order valence-corrected chi connectivity index (χ3v) is 9.69. The Hall–Kier alpha value is -4.76. The van der Waals surface area contributed by atoms with Crippen molar-refractivity contribution in [2.45, 2.75) is 50.9 Å². The zero-order valence-electron chi connectivity index (χ0n) is 28.5. The molecule has 0 amide bonds. The maximum atomic E-state index is 11.7. The number of morpholine rings is 1. The lowest BCUT2D eigenvalue weighted by Gasteiger charge is -2.33. The van der Waals surface area contributed by atoms with Gasteiger partial charge in [0.25, 0.3) is 0 Å². The SMILES string of the molecule is C=[N+]([O-])c1ncc(C(C)Oc2cnc3cc(N4CCOCC4)nc(OC4CCC(Nc5ncc(N6CCN(C)CC6)cn5)CC4)c3c2)n1C. The van der Waals surface area contributed by atoms with Gasteiger partial charge >= 0.3 is 5.95 Å². The molecule has 1 N–H and O–H groups in total. The van der Waals surface area contributed by atoms with Crippen LogP contribution in [0.25, 0.3) is 10.9 Å². The molecule has 1 aliphatic carbocycles. The molecule has 15 heteroatoms. The van der Waals surface area contributed by atoms with Gasteiger partial charge < -0.3 is 39.4 Å². The van der Waals surface area contributed by atoms with E-state index >= 15 is 0 Å². The molecule has 0 radical (unpaired) electrons. The molecule has 7 rings (SSSR count). The number of likely N-dealkylation sites (N-methyl/N-ethyl adjacent to an activating group) is 1. The van der Waals surface area contributed by atoms with Gasteiger partial charge in [0.1, 0.15) is 23.9 Å². The number of aromatic nitrogens is 6. The Kier molecular flexibility index (Phi) is 9.62. The fourth-order valence-corrected chi connectivity index (χ4v) is 6.75. The van der Waals surface area contributed by atoms with Crippen LogP contribution >= 0.6 is 0 Å². The van der Waals surface area contributed by atoms with Gasteiger partial charge in [0.2, 0.25) is 11.8 Å². The van der Waals surface area contributed by atoms with Crippen LogP contribution in [-0.4, -0.2) is 118 Å². The van der Waals surface area contributed by atoms with Gasteiger partial charge in [0.15, 0.2) is 11.8 Å². The van der Waals surface area contributed by atoms with E-state index in [9.17, 15) is 5.21 Å². The summed E-state index contributed by atoms with van der Waals surface area (Å²) in [6, 6.07) is 4.20. The van der Waals surface area contributed by atoms with Crippen molar-refractivity contribution in [2.75, 3.05) is 74.6 Å². The smallest absolute Gasteiger partial charge is 0.398 e. The molecule has 4 aromatic heterocycles. The molecule has 3 fully saturated rings. The number of rotatable bonds is 10. The molecule has 0 aromatic carbocycles. The van der Waals surface area contributed by atoms with Gasteiger partial charge in [-0.1, -0.05) is 4.98 Å². The van der Waals surface area contributed by atoms with Crippen LogP contribution in [0.15, 0.2) is 36.9 Å². The Balaban J connectivity index is 1.04. The second kappa shape index (κ2) is 14.4. The highest BCUT2D eigenvalue weighted by molar-refractivity contribution is 5.87. The predicted molar refractivity (Wildman–Crippen MR) is 187 cm³/mol. The molecule has 0 bridgehead atoms. The minimum absolute atomic E-state index is 0.00303. The summed E-state index contributed by atoms with van der Waals surface area (Å²) in [5.41, 5.74) is 2.59. The van der Waals surface area contributed by atoms with E-state index in [-0.39, 0.29) is 18.1 Å². The van der Waals surface area contributed by atoms with E-state index in [4.69, 9.17) is 24.2 Å². The fraction of sp³-hybridized carbons (Fsp3) is 0.529. The maximum Gasteiger partial charge on any atom is 0.398 e. The minimum Gasteiger partial charge on any atom is -0.741 e. The van der Waals surface area contributed by atoms with E-state index in [2.05, 4.69) is 48.7 Å². The number of imidazole rings is 1. The number of fused-ring (bicyclic) bond motifs is 1. The van der Waals surface area contributed by atoms with Crippen molar-refractivity contribution in [3.8, 4) is 11.6 Å². The molecule has 49 heavy (non-hydrogen) atoms. The van der Waals surface area contributed by atoms with Gasteiger partial charge in [-0.05, 0) is 45.7 Å². The first-order chi connectivity index (χ1) is 23.8. The second-order valence-corrected chi connectivity index (χ2v) is 13.1. The quantitative estimate of drug-likeness (QED) is 0.114. The van der Waals surface area contributed by atoms with E-state index in [1.165, 1.54) is 0 Å². The molecule has 1 unspecified atom stereocenters. The first-order valence-electron chi connectivity index (χ1n) is 17.1. The molecular formula is C34H45N11O4. The molecule has 4 aromatic rings. The van der Waals surface area contributed by atoms with Crippen molar-refractivity contribution in [2.24, 2.45) is 7.05 Å². The molecule has 1 atom stereocenters. The van der Waals surface area contributed by atoms with Gasteiger partial charge in [-0.3, -0.25) is 9.72 Å². The van der Waals surface area contributed by atoms with Crippen molar-refractivity contribution < 1.29 is 18.9 Å². The lowest BCUT2D eigenvalue weighted by Crippen LogP contribution is -2.44. The Morgan fingerprint density at radius 3 is 2.35 bits per heavy atom. The van der Waals surface area contributed by atoms with Crippen LogP contribution in [0.2, 0.25) is 0 Å². The number of pyridine rings is 2. The van der Waals surface area contributed by atoms with Crippen LogP contribution in [0.3, 0.4) is 0 Å². The summed E-state index contributed by atoms with van der Waals surface area (Å²) >= 11 is 0. The van der Waals surface area contributed by atoms with E-state index in [1.807, 2.05) is 31.5 Å². The van der Waals surface area contributed by atoms with Crippen LogP contribution in [0, 0.1) is 5.21 Å². The van der Waals surface area contributed by atoms with Gasteiger partial charge in [0.05, 0.1) is 55.4 Å². The summed E-state index contributed by atoms with van der Waals surface area (Å²) in [6.45, 7) is 12.2. The lowest BCUT2D eigenvalue weighted by atomic mass is 9.93. The Labute approximate surface area is 286 Å². The highest BCUT2D eigenvalue weighted by Crippen LogP contribution is 2.34. The van der Waals surface area contributed by atoms with Crippen LogP contribution in [-0.2, 0) is 11.8 Å². The van der Waals surface area contributed by atoms with Crippen LogP contribution in [0.4, 0.5) is 23.4 Å². The van der Waals surface area contributed by atoms with E-state index in [0.717, 1.165) is 93.1 Å².